The molecule has 5 bridgehead atoms. The van der Waals surface area contributed by atoms with Gasteiger partial charge in [0, 0.05) is 86.7 Å². The van der Waals surface area contributed by atoms with Crippen molar-refractivity contribution < 1.29 is 58.9 Å². The number of aliphatic hydroxyl groups is 3. The van der Waals surface area contributed by atoms with Crippen molar-refractivity contribution in [1.29, 1.82) is 0 Å². The number of piperidine rings is 1. The van der Waals surface area contributed by atoms with Crippen LogP contribution in [0.15, 0.2) is 52.3 Å². The monoisotopic (exact) mass is 943 g/mol. The Balaban J connectivity index is 1.35. The Labute approximate surface area is 394 Å². The van der Waals surface area contributed by atoms with E-state index in [0.29, 0.717) is 37.5 Å². The van der Waals surface area contributed by atoms with Gasteiger partial charge in [-0.3, -0.25) is 19.4 Å². The number of fused-ring (bicyclic) bond motifs is 13. The number of ether oxygens (including phenoxy) is 4. The Morgan fingerprint density at radius 1 is 0.985 bits per heavy atom. The highest BCUT2D eigenvalue weighted by molar-refractivity contribution is 6.21. The molecule has 0 radical (unpaired) electrons. The van der Waals surface area contributed by atoms with Crippen LogP contribution in [0.2, 0.25) is 0 Å². The second kappa shape index (κ2) is 19.7. The lowest BCUT2D eigenvalue weighted by Crippen LogP contribution is -2.47. The second-order valence-electron chi connectivity index (χ2n) is 19.4. The first-order chi connectivity index (χ1) is 32.1. The van der Waals surface area contributed by atoms with Gasteiger partial charge in [-0.2, -0.15) is 0 Å². The molecule has 1 amide bonds. The number of Topliss-reactive ketones (excluding diaryl/α,β-unsaturated/α-hetero) is 1. The molecule has 1 aromatic heterocycles. The lowest BCUT2D eigenvalue weighted by Gasteiger charge is -2.38. The van der Waals surface area contributed by atoms with Gasteiger partial charge in [0.2, 0.25) is 0 Å². The number of likely N-dealkylation sites (tertiary alicyclic amines) is 1. The standard InChI is InChI=1S/C49H65N7O12/c1-24(2)20-55-17-15-49(16-18-55)51-37-34-35-42(61)30(8)45-36(34)46(63)48(9,68-45)66-19-14-32(65-10)27(5)44(67-33(58)22-56-21-31(23-57)53-54-56)29(7)41(60)28(6)40(59)25(3)12-11-13-26(4)47(64)50-39(43(35)62)38(37)52-49/h11-14,19,21,24-25,27-29,32,40-41,44,51,57,59-62H,15-18,20,22-23H2,1-10H3/b12-11+,19-14+,26-13-,50-39?/t25-,27+,28+,29+,32-,40-,41+,44+,48-/m0/s1. The van der Waals surface area contributed by atoms with Crippen LogP contribution in [-0.2, 0) is 37.0 Å². The second-order valence-corrected chi connectivity index (χ2v) is 19.4. The fraction of sp³-hybridized carbons (Fsp3) is 0.571. The number of aromatic hydroxyl groups is 2. The van der Waals surface area contributed by atoms with E-state index in [9.17, 15) is 39.9 Å². The Bertz CT molecular complexity index is 2670. The number of ketones is 1. The fourth-order valence-corrected chi connectivity index (χ4v) is 9.86. The van der Waals surface area contributed by atoms with Gasteiger partial charge >= 0.3 is 11.8 Å². The summed E-state index contributed by atoms with van der Waals surface area (Å²) in [6, 6.07) is 0. The summed E-state index contributed by atoms with van der Waals surface area (Å²) in [5, 5.41) is 68.2. The van der Waals surface area contributed by atoms with Crippen LogP contribution in [-0.4, -0.2) is 126 Å². The van der Waals surface area contributed by atoms with Crippen molar-refractivity contribution in [3.8, 4) is 17.2 Å². The molecule has 19 heteroatoms. The van der Waals surface area contributed by atoms with Crippen molar-refractivity contribution in [3.63, 3.8) is 0 Å². The maximum atomic E-state index is 14.9. The molecule has 5 aliphatic rings. The van der Waals surface area contributed by atoms with Gasteiger partial charge in [-0.1, -0.05) is 65.0 Å². The number of rotatable bonds is 7. The summed E-state index contributed by atoms with van der Waals surface area (Å²) in [7, 11) is 1.44. The zero-order chi connectivity index (χ0) is 49.6. The molecule has 0 saturated carbocycles. The SMILES string of the molecule is CO[C@H]1/C=C/O[C@@]2(C)Oc3c(C)c(O)c4c(O)c(c5c(c4c3C2=O)NC2(CCN(CC(C)C)CC2)N=5)=NC(=O)/C(C)=C\C=C\[C@H](C)[C@H](O)[C@@H](C)[C@@H](O)[C@@H](C)[C@H](OC(=O)Cn2cc(CO)nn2)[C@@H]1C. The van der Waals surface area contributed by atoms with Crippen LogP contribution in [0.4, 0.5) is 5.69 Å². The van der Waals surface area contributed by atoms with Crippen molar-refractivity contribution in [3.05, 3.63) is 69.9 Å². The van der Waals surface area contributed by atoms with Gasteiger partial charge in [-0.15, -0.1) is 5.10 Å². The number of phenolic OH excluding ortho intramolecular Hbond substituents is 2. The van der Waals surface area contributed by atoms with E-state index >= 15 is 0 Å². The molecular weight excluding hydrogens is 879 g/mol. The van der Waals surface area contributed by atoms with Gasteiger partial charge in [0.05, 0.1) is 54.0 Å². The average molecular weight is 944 g/mol. The van der Waals surface area contributed by atoms with Crippen LogP contribution < -0.4 is 20.8 Å². The number of aromatic nitrogens is 3. The van der Waals surface area contributed by atoms with E-state index in [1.165, 1.54) is 43.3 Å². The number of allylic oxidation sites excluding steroid dienone is 2. The number of nitrogens with zero attached hydrogens (tertiary/aromatic N) is 6. The molecule has 6 N–H and O–H groups in total. The molecular formula is C49H65N7O12. The zero-order valence-corrected chi connectivity index (χ0v) is 40.4. The highest BCUT2D eigenvalue weighted by atomic mass is 16.7. The van der Waals surface area contributed by atoms with Crippen molar-refractivity contribution >= 4 is 34.1 Å². The van der Waals surface area contributed by atoms with Crippen molar-refractivity contribution in [2.75, 3.05) is 32.1 Å². The topological polar surface area (TPSA) is 260 Å². The molecule has 0 aliphatic carbocycles. The van der Waals surface area contributed by atoms with Crippen LogP contribution in [0, 0.1) is 36.5 Å². The zero-order valence-electron chi connectivity index (χ0n) is 40.4. The molecule has 1 spiro atoms. The van der Waals surface area contributed by atoms with Gasteiger partial charge in [0.15, 0.2) is 5.75 Å². The predicted octanol–water partition coefficient (Wildman–Crippen LogP) is 3.51. The molecule has 9 atom stereocenters. The molecule has 19 nitrogen and oxygen atoms in total. The van der Waals surface area contributed by atoms with Crippen LogP contribution >= 0.6 is 0 Å². The van der Waals surface area contributed by atoms with E-state index in [0.717, 1.165) is 6.54 Å². The minimum Gasteiger partial charge on any atom is -0.507 e. The summed E-state index contributed by atoms with van der Waals surface area (Å²) in [6.07, 6.45) is 5.89. The molecule has 68 heavy (non-hydrogen) atoms. The maximum Gasteiger partial charge on any atom is 0.328 e. The summed E-state index contributed by atoms with van der Waals surface area (Å²) in [6.45, 7) is 17.3. The number of nitrogens with one attached hydrogen (secondary N) is 1. The number of hydrogen-bond acceptors (Lipinski definition) is 17. The Hall–Kier alpha value is -5.73. The Morgan fingerprint density at radius 3 is 2.34 bits per heavy atom. The first-order valence-corrected chi connectivity index (χ1v) is 23.2. The highest BCUT2D eigenvalue weighted by Gasteiger charge is 2.51. The normalized spacial score (nSPS) is 30.5. The number of methoxy groups -OCH3 is 1. The number of anilines is 1. The third-order valence-corrected chi connectivity index (χ3v) is 13.9. The van der Waals surface area contributed by atoms with Crippen LogP contribution in [0.5, 0.6) is 17.2 Å². The average Bonchev–Trinajstić information content (AvgIpc) is 3.99. The quantitative estimate of drug-likeness (QED) is 0.146. The molecule has 0 unspecified atom stereocenters. The van der Waals surface area contributed by atoms with Crippen LogP contribution in [0.3, 0.4) is 0 Å². The molecule has 8 rings (SSSR count). The number of esters is 1. The van der Waals surface area contributed by atoms with Gasteiger partial charge in [0.1, 0.15) is 46.2 Å². The molecule has 1 saturated heterocycles. The number of benzene rings is 2. The smallest absolute Gasteiger partial charge is 0.328 e. The lowest BCUT2D eigenvalue weighted by atomic mass is 9.78. The largest absolute Gasteiger partial charge is 0.507 e. The molecule has 5 aliphatic heterocycles. The summed E-state index contributed by atoms with van der Waals surface area (Å²) < 4.78 is 25.7. The molecule has 3 aromatic rings. The van der Waals surface area contributed by atoms with Gasteiger partial charge < -0.3 is 54.7 Å². The summed E-state index contributed by atoms with van der Waals surface area (Å²) in [5.74, 6) is -7.30. The van der Waals surface area contributed by atoms with Gasteiger partial charge in [-0.05, 0) is 25.8 Å². The van der Waals surface area contributed by atoms with Crippen LogP contribution in [0.25, 0.3) is 10.8 Å². The Morgan fingerprint density at radius 2 is 1.69 bits per heavy atom. The summed E-state index contributed by atoms with van der Waals surface area (Å²) in [5.41, 5.74) is 0.0197. The van der Waals surface area contributed by atoms with Gasteiger partial charge in [-0.25, -0.2) is 9.67 Å². The van der Waals surface area contributed by atoms with E-state index in [-0.39, 0.29) is 62.8 Å². The third-order valence-electron chi connectivity index (χ3n) is 13.9. The summed E-state index contributed by atoms with van der Waals surface area (Å²) in [4.78, 5) is 54.3. The number of amides is 1. The van der Waals surface area contributed by atoms with Crippen molar-refractivity contribution in [1.82, 2.24) is 19.9 Å². The minimum atomic E-state index is -2.00. The highest BCUT2D eigenvalue weighted by Crippen LogP contribution is 2.51. The maximum absolute atomic E-state index is 14.9. The fourth-order valence-electron chi connectivity index (χ4n) is 9.86. The predicted molar refractivity (Wildman–Crippen MR) is 248 cm³/mol. The van der Waals surface area contributed by atoms with E-state index < -0.39 is 88.7 Å². The van der Waals surface area contributed by atoms with Gasteiger partial charge in [0.25, 0.3) is 11.7 Å². The molecule has 6 heterocycles. The van der Waals surface area contributed by atoms with E-state index in [4.69, 9.17) is 23.9 Å². The van der Waals surface area contributed by atoms with Crippen molar-refractivity contribution in [2.45, 2.75) is 124 Å². The van der Waals surface area contributed by atoms with E-state index in [1.54, 1.807) is 53.7 Å². The van der Waals surface area contributed by atoms with Crippen LogP contribution in [0.1, 0.15) is 89.8 Å². The summed E-state index contributed by atoms with van der Waals surface area (Å²) >= 11 is 0. The third kappa shape index (κ3) is 9.50. The first kappa shape index (κ1) is 50.2. The van der Waals surface area contributed by atoms with E-state index in [2.05, 4.69) is 39.4 Å². The number of carbonyl (C=O) groups excluding carboxylic acids is 3. The lowest BCUT2D eigenvalue weighted by molar-refractivity contribution is -0.164. The molecule has 1 fully saturated rings. The first-order valence-electron chi connectivity index (χ1n) is 23.2. The number of aliphatic hydroxyl groups excluding tert-OH is 3. The Kier molecular flexibility index (Phi) is 14.5. The number of phenols is 2. The molecule has 368 valence electrons. The molecule has 2 aromatic carbocycles. The number of carbonyl (C=O) groups is 3. The number of hydrogen-bond donors (Lipinski definition) is 6. The van der Waals surface area contributed by atoms with Crippen molar-refractivity contribution in [2.24, 2.45) is 39.6 Å². The minimum absolute atomic E-state index is 0.0265. The van der Waals surface area contributed by atoms with E-state index in [1.807, 2.05) is 0 Å².